The number of hydrogen-bond donors (Lipinski definition) is 1. The van der Waals surface area contributed by atoms with Crippen LogP contribution in [0.5, 0.6) is 0 Å². The number of nitriles is 1. The summed E-state index contributed by atoms with van der Waals surface area (Å²) in [6.45, 7) is 4.64. The van der Waals surface area contributed by atoms with E-state index in [1.165, 1.54) is 18.2 Å². The van der Waals surface area contributed by atoms with Crippen molar-refractivity contribution < 1.29 is 14.5 Å². The van der Waals surface area contributed by atoms with Gasteiger partial charge in [-0.25, -0.2) is 0 Å². The molecule has 146 valence electrons. The molecule has 2 rings (SSSR count). The molecule has 0 radical (unpaired) electrons. The molecule has 0 unspecified atom stereocenters. The minimum Gasteiger partial charge on any atom is -0.385 e. The standard InChI is InChI=1S/C20H22N4O4/c1-14-10-16(11-17(13-21)20(25)22-8-5-9-28-3)15(2)23(14)18-6-4-7-19(12-18)24(26)27/h4,6-7,10-12H,5,8-9H2,1-3H3,(H,22,25)/b17-11+. The van der Waals surface area contributed by atoms with Crippen LogP contribution in [0.3, 0.4) is 0 Å². The molecular weight excluding hydrogens is 360 g/mol. The van der Waals surface area contributed by atoms with Gasteiger partial charge in [-0.15, -0.1) is 0 Å². The summed E-state index contributed by atoms with van der Waals surface area (Å²) in [5.74, 6) is -0.446. The van der Waals surface area contributed by atoms with Crippen LogP contribution in [-0.2, 0) is 9.53 Å². The molecule has 2 aromatic rings. The minimum atomic E-state index is -0.446. The molecule has 1 heterocycles. The van der Waals surface area contributed by atoms with Crippen molar-refractivity contribution in [3.05, 3.63) is 63.0 Å². The third kappa shape index (κ3) is 4.84. The first-order valence-electron chi connectivity index (χ1n) is 8.71. The Balaban J connectivity index is 2.33. The third-order valence-corrected chi connectivity index (χ3v) is 4.24. The highest BCUT2D eigenvalue weighted by molar-refractivity contribution is 6.01. The normalized spacial score (nSPS) is 11.1. The van der Waals surface area contributed by atoms with E-state index < -0.39 is 10.8 Å². The summed E-state index contributed by atoms with van der Waals surface area (Å²) in [4.78, 5) is 22.8. The number of nitro groups is 1. The van der Waals surface area contributed by atoms with Crippen molar-refractivity contribution >= 4 is 17.7 Å². The highest BCUT2D eigenvalue weighted by Crippen LogP contribution is 2.25. The molecule has 0 fully saturated rings. The lowest BCUT2D eigenvalue weighted by Gasteiger charge is -2.09. The minimum absolute atomic E-state index is 0.00305. The van der Waals surface area contributed by atoms with Crippen molar-refractivity contribution in [2.24, 2.45) is 0 Å². The van der Waals surface area contributed by atoms with Crippen molar-refractivity contribution in [1.29, 1.82) is 5.26 Å². The van der Waals surface area contributed by atoms with E-state index in [1.807, 2.05) is 30.6 Å². The number of nitrogens with zero attached hydrogens (tertiary/aromatic N) is 3. The number of rotatable bonds is 8. The summed E-state index contributed by atoms with van der Waals surface area (Å²) in [6.07, 6.45) is 2.18. The van der Waals surface area contributed by atoms with Gasteiger partial charge in [0.25, 0.3) is 11.6 Å². The molecule has 0 saturated heterocycles. The van der Waals surface area contributed by atoms with Crippen molar-refractivity contribution in [3.63, 3.8) is 0 Å². The van der Waals surface area contributed by atoms with E-state index in [1.54, 1.807) is 19.2 Å². The van der Waals surface area contributed by atoms with Crippen LogP contribution in [-0.4, -0.2) is 35.7 Å². The topological polar surface area (TPSA) is 110 Å². The Morgan fingerprint density at radius 3 is 2.79 bits per heavy atom. The van der Waals surface area contributed by atoms with Crippen molar-refractivity contribution in [2.75, 3.05) is 20.3 Å². The maximum absolute atomic E-state index is 12.2. The predicted molar refractivity (Wildman–Crippen MR) is 105 cm³/mol. The first-order valence-corrected chi connectivity index (χ1v) is 8.71. The number of methoxy groups -OCH3 is 1. The maximum Gasteiger partial charge on any atom is 0.271 e. The van der Waals surface area contributed by atoms with E-state index in [0.29, 0.717) is 30.8 Å². The molecule has 0 bridgehead atoms. The van der Waals surface area contributed by atoms with Crippen LogP contribution in [0.4, 0.5) is 5.69 Å². The maximum atomic E-state index is 12.2. The number of ether oxygens (including phenoxy) is 1. The summed E-state index contributed by atoms with van der Waals surface area (Å²) >= 11 is 0. The number of hydrogen-bond acceptors (Lipinski definition) is 5. The number of carbonyl (C=O) groups excluding carboxylic acids is 1. The van der Waals surface area contributed by atoms with E-state index in [0.717, 1.165) is 11.4 Å². The molecule has 0 spiro atoms. The first kappa shape index (κ1) is 20.9. The second-order valence-electron chi connectivity index (χ2n) is 6.21. The van der Waals surface area contributed by atoms with E-state index in [2.05, 4.69) is 5.32 Å². The molecule has 1 aromatic carbocycles. The first-order chi connectivity index (χ1) is 13.4. The van der Waals surface area contributed by atoms with Gasteiger partial charge in [0.1, 0.15) is 11.6 Å². The summed E-state index contributed by atoms with van der Waals surface area (Å²) in [5, 5.41) is 23.1. The molecule has 8 nitrogen and oxygen atoms in total. The van der Waals surface area contributed by atoms with Gasteiger partial charge in [-0.1, -0.05) is 6.07 Å². The van der Waals surface area contributed by atoms with Crippen LogP contribution in [0.2, 0.25) is 0 Å². The van der Waals surface area contributed by atoms with Crippen LogP contribution in [0.25, 0.3) is 11.8 Å². The Labute approximate surface area is 163 Å². The summed E-state index contributed by atoms with van der Waals surface area (Å²) in [6, 6.07) is 10.1. The Kier molecular flexibility index (Phi) is 7.07. The lowest BCUT2D eigenvalue weighted by atomic mass is 10.1. The monoisotopic (exact) mass is 382 g/mol. The fourth-order valence-electron chi connectivity index (χ4n) is 2.89. The fraction of sp³-hybridized carbons (Fsp3) is 0.300. The average molecular weight is 382 g/mol. The number of carbonyl (C=O) groups is 1. The Morgan fingerprint density at radius 2 is 2.14 bits per heavy atom. The third-order valence-electron chi connectivity index (χ3n) is 4.24. The van der Waals surface area contributed by atoms with Crippen LogP contribution in [0, 0.1) is 35.3 Å². The van der Waals surface area contributed by atoms with Crippen molar-refractivity contribution in [2.45, 2.75) is 20.3 Å². The molecule has 0 aliphatic heterocycles. The lowest BCUT2D eigenvalue weighted by Crippen LogP contribution is -2.26. The second kappa shape index (κ2) is 9.48. The Morgan fingerprint density at radius 1 is 1.39 bits per heavy atom. The number of benzene rings is 1. The van der Waals surface area contributed by atoms with Gasteiger partial charge >= 0.3 is 0 Å². The zero-order valence-corrected chi connectivity index (χ0v) is 16.1. The number of aryl methyl sites for hydroxylation is 1. The van der Waals surface area contributed by atoms with E-state index in [9.17, 15) is 20.2 Å². The fourth-order valence-corrected chi connectivity index (χ4v) is 2.89. The molecule has 28 heavy (non-hydrogen) atoms. The summed E-state index contributed by atoms with van der Waals surface area (Å²) in [5.41, 5.74) is 2.95. The average Bonchev–Trinajstić information content (AvgIpc) is 2.96. The van der Waals surface area contributed by atoms with Gasteiger partial charge in [0, 0.05) is 43.8 Å². The van der Waals surface area contributed by atoms with Gasteiger partial charge in [-0.2, -0.15) is 5.26 Å². The lowest BCUT2D eigenvalue weighted by molar-refractivity contribution is -0.384. The van der Waals surface area contributed by atoms with Gasteiger partial charge in [-0.05, 0) is 44.0 Å². The van der Waals surface area contributed by atoms with Crippen molar-refractivity contribution in [1.82, 2.24) is 9.88 Å². The molecule has 0 aliphatic carbocycles. The largest absolute Gasteiger partial charge is 0.385 e. The van der Waals surface area contributed by atoms with Crippen LogP contribution < -0.4 is 5.32 Å². The number of nitro benzene ring substituents is 1. The zero-order chi connectivity index (χ0) is 20.7. The molecular formula is C20H22N4O4. The smallest absolute Gasteiger partial charge is 0.271 e. The predicted octanol–water partition coefficient (Wildman–Crippen LogP) is 3.06. The molecule has 0 aliphatic rings. The molecule has 1 aromatic heterocycles. The molecule has 0 atom stereocenters. The molecule has 1 N–H and O–H groups in total. The van der Waals surface area contributed by atoms with E-state index >= 15 is 0 Å². The number of nitrogens with one attached hydrogen (secondary N) is 1. The number of aromatic nitrogens is 1. The van der Waals surface area contributed by atoms with Gasteiger partial charge in [-0.3, -0.25) is 14.9 Å². The second-order valence-corrected chi connectivity index (χ2v) is 6.21. The highest BCUT2D eigenvalue weighted by Gasteiger charge is 2.15. The van der Waals surface area contributed by atoms with E-state index in [-0.39, 0.29) is 11.3 Å². The van der Waals surface area contributed by atoms with Gasteiger partial charge in [0.2, 0.25) is 0 Å². The number of non-ortho nitro benzene ring substituents is 1. The van der Waals surface area contributed by atoms with Gasteiger partial charge < -0.3 is 14.6 Å². The van der Waals surface area contributed by atoms with Gasteiger partial charge in [0.05, 0.1) is 10.6 Å². The quantitative estimate of drug-likeness (QED) is 0.248. The van der Waals surface area contributed by atoms with Crippen molar-refractivity contribution in [3.8, 4) is 11.8 Å². The van der Waals surface area contributed by atoms with Crippen LogP contribution >= 0.6 is 0 Å². The molecule has 0 saturated carbocycles. The SMILES string of the molecule is COCCCNC(=O)/C(C#N)=C/c1cc(C)n(-c2cccc([N+](=O)[O-])c2)c1C. The Hall–Kier alpha value is -3.44. The zero-order valence-electron chi connectivity index (χ0n) is 16.1. The van der Waals surface area contributed by atoms with Crippen LogP contribution in [0.1, 0.15) is 23.4 Å². The molecule has 1 amide bonds. The number of amides is 1. The van der Waals surface area contributed by atoms with Crippen LogP contribution in [0.15, 0.2) is 35.9 Å². The van der Waals surface area contributed by atoms with Gasteiger partial charge in [0.15, 0.2) is 0 Å². The van der Waals surface area contributed by atoms with E-state index in [4.69, 9.17) is 4.74 Å². The summed E-state index contributed by atoms with van der Waals surface area (Å²) in [7, 11) is 1.58. The Bertz CT molecular complexity index is 954. The highest BCUT2D eigenvalue weighted by atomic mass is 16.6. The summed E-state index contributed by atoms with van der Waals surface area (Å²) < 4.78 is 6.78. The molecule has 8 heteroatoms.